The van der Waals surface area contributed by atoms with Crippen LogP contribution in [-0.4, -0.2) is 36.3 Å². The minimum atomic E-state index is 0.439. The molecule has 1 heterocycles. The van der Waals surface area contributed by atoms with Gasteiger partial charge in [0.15, 0.2) is 0 Å². The highest BCUT2D eigenvalue weighted by Crippen LogP contribution is 2.29. The first-order chi connectivity index (χ1) is 7.85. The summed E-state index contributed by atoms with van der Waals surface area (Å²) in [5.41, 5.74) is 6.32. The summed E-state index contributed by atoms with van der Waals surface area (Å²) in [7, 11) is 1.72. The van der Waals surface area contributed by atoms with E-state index in [1.807, 2.05) is 0 Å². The summed E-state index contributed by atoms with van der Waals surface area (Å²) in [4.78, 5) is 10.9. The summed E-state index contributed by atoms with van der Waals surface area (Å²) in [6.45, 7) is 2.03. The number of nitrogens with zero attached hydrogens (tertiary/aromatic N) is 3. The molecule has 1 fully saturated rings. The van der Waals surface area contributed by atoms with Crippen LogP contribution >= 0.6 is 0 Å². The van der Waals surface area contributed by atoms with Crippen LogP contribution in [0.3, 0.4) is 0 Å². The molecule has 0 atom stereocenters. The molecule has 0 spiro atoms. The largest absolute Gasteiger partial charge is 0.383 e. The van der Waals surface area contributed by atoms with E-state index in [4.69, 9.17) is 10.5 Å². The Bertz CT molecular complexity index is 323. The van der Waals surface area contributed by atoms with E-state index in [-0.39, 0.29) is 0 Å². The summed E-state index contributed by atoms with van der Waals surface area (Å²) < 4.78 is 5.11. The Morgan fingerprint density at radius 3 is 2.75 bits per heavy atom. The fourth-order valence-corrected chi connectivity index (χ4v) is 1.66. The third-order valence-electron chi connectivity index (χ3n) is 2.72. The van der Waals surface area contributed by atoms with E-state index in [9.17, 15) is 0 Å². The molecule has 88 valence electrons. The quantitative estimate of drug-likeness (QED) is 0.761. The van der Waals surface area contributed by atoms with Gasteiger partial charge in [-0.05, 0) is 12.8 Å². The van der Waals surface area contributed by atoms with Crippen LogP contribution in [0.4, 0.5) is 5.82 Å². The highest BCUT2D eigenvalue weighted by molar-refractivity contribution is 5.39. The summed E-state index contributed by atoms with van der Waals surface area (Å²) in [5, 5.41) is 0. The van der Waals surface area contributed by atoms with E-state index in [2.05, 4.69) is 14.9 Å². The fourth-order valence-electron chi connectivity index (χ4n) is 1.66. The molecule has 5 heteroatoms. The van der Waals surface area contributed by atoms with Crippen molar-refractivity contribution in [2.24, 2.45) is 5.73 Å². The van der Waals surface area contributed by atoms with E-state index in [0.29, 0.717) is 12.6 Å². The number of ether oxygens (including phenoxy) is 1. The first kappa shape index (κ1) is 11.3. The van der Waals surface area contributed by atoms with Crippen LogP contribution in [0.2, 0.25) is 0 Å². The zero-order chi connectivity index (χ0) is 11.4. The lowest BCUT2D eigenvalue weighted by Crippen LogP contribution is -2.30. The van der Waals surface area contributed by atoms with Gasteiger partial charge >= 0.3 is 0 Å². The predicted octanol–water partition coefficient (Wildman–Crippen LogP) is 0.551. The lowest BCUT2D eigenvalue weighted by Gasteiger charge is -2.22. The lowest BCUT2D eigenvalue weighted by molar-refractivity contribution is 0.204. The standard InChI is InChI=1S/C11H18N4O/c1-16-5-4-15(10-2-3-10)11-8-13-9(6-12)7-14-11/h7-8,10H,2-6,12H2,1H3. The van der Waals surface area contributed by atoms with Gasteiger partial charge in [-0.25, -0.2) is 4.98 Å². The number of nitrogens with two attached hydrogens (primary N) is 1. The van der Waals surface area contributed by atoms with E-state index >= 15 is 0 Å². The van der Waals surface area contributed by atoms with Crippen LogP contribution in [0.5, 0.6) is 0 Å². The van der Waals surface area contributed by atoms with E-state index in [1.165, 1.54) is 12.8 Å². The smallest absolute Gasteiger partial charge is 0.147 e. The van der Waals surface area contributed by atoms with Gasteiger partial charge in [0.05, 0.1) is 24.7 Å². The Hall–Kier alpha value is -1.20. The third kappa shape index (κ3) is 2.68. The van der Waals surface area contributed by atoms with Crippen molar-refractivity contribution in [3.8, 4) is 0 Å². The topological polar surface area (TPSA) is 64.3 Å². The van der Waals surface area contributed by atoms with Gasteiger partial charge in [-0.15, -0.1) is 0 Å². The minimum Gasteiger partial charge on any atom is -0.383 e. The number of methoxy groups -OCH3 is 1. The van der Waals surface area contributed by atoms with Crippen molar-refractivity contribution in [3.05, 3.63) is 18.1 Å². The van der Waals surface area contributed by atoms with Crippen molar-refractivity contribution in [1.82, 2.24) is 9.97 Å². The molecule has 1 aliphatic rings. The second kappa shape index (κ2) is 5.23. The summed E-state index contributed by atoms with van der Waals surface area (Å²) >= 11 is 0. The zero-order valence-electron chi connectivity index (χ0n) is 9.59. The summed E-state index contributed by atoms with van der Waals surface area (Å²) in [6, 6.07) is 0.619. The maximum Gasteiger partial charge on any atom is 0.147 e. The maximum absolute atomic E-state index is 5.49. The SMILES string of the molecule is COCCN(c1cnc(CN)cn1)C1CC1. The second-order valence-corrected chi connectivity index (χ2v) is 3.99. The van der Waals surface area contributed by atoms with Crippen molar-refractivity contribution in [2.45, 2.75) is 25.4 Å². The first-order valence-electron chi connectivity index (χ1n) is 5.61. The van der Waals surface area contributed by atoms with Gasteiger partial charge < -0.3 is 15.4 Å². The van der Waals surface area contributed by atoms with Crippen molar-refractivity contribution < 1.29 is 4.74 Å². The molecule has 0 radical (unpaired) electrons. The van der Waals surface area contributed by atoms with Crippen LogP contribution in [0.25, 0.3) is 0 Å². The third-order valence-corrected chi connectivity index (χ3v) is 2.72. The molecular weight excluding hydrogens is 204 g/mol. The van der Waals surface area contributed by atoms with Crippen LogP contribution in [-0.2, 0) is 11.3 Å². The number of rotatable bonds is 6. The molecule has 0 aromatic carbocycles. The van der Waals surface area contributed by atoms with Gasteiger partial charge in [0, 0.05) is 26.2 Å². The molecule has 1 aromatic heterocycles. The maximum atomic E-state index is 5.49. The average molecular weight is 222 g/mol. The summed E-state index contributed by atoms with van der Waals surface area (Å²) in [5.74, 6) is 0.928. The average Bonchev–Trinajstić information content (AvgIpc) is 3.15. The van der Waals surface area contributed by atoms with Crippen molar-refractivity contribution in [3.63, 3.8) is 0 Å². The second-order valence-electron chi connectivity index (χ2n) is 3.99. The zero-order valence-corrected chi connectivity index (χ0v) is 9.59. The summed E-state index contributed by atoms with van der Waals surface area (Å²) in [6.07, 6.45) is 6.03. The van der Waals surface area contributed by atoms with E-state index < -0.39 is 0 Å². The van der Waals surface area contributed by atoms with E-state index in [1.54, 1.807) is 19.5 Å². The number of hydrogen-bond acceptors (Lipinski definition) is 5. The highest BCUT2D eigenvalue weighted by atomic mass is 16.5. The molecule has 0 bridgehead atoms. The Morgan fingerprint density at radius 2 is 2.25 bits per heavy atom. The van der Waals surface area contributed by atoms with Crippen LogP contribution in [0, 0.1) is 0 Å². The molecule has 2 N–H and O–H groups in total. The molecule has 0 aliphatic heterocycles. The van der Waals surface area contributed by atoms with Crippen LogP contribution in [0.15, 0.2) is 12.4 Å². The molecule has 0 saturated heterocycles. The Balaban J connectivity index is 2.05. The fraction of sp³-hybridized carbons (Fsp3) is 0.636. The molecule has 1 saturated carbocycles. The van der Waals surface area contributed by atoms with Crippen molar-refractivity contribution in [2.75, 3.05) is 25.2 Å². The highest BCUT2D eigenvalue weighted by Gasteiger charge is 2.29. The molecular formula is C11H18N4O. The Labute approximate surface area is 95.6 Å². The molecule has 0 unspecified atom stereocenters. The van der Waals surface area contributed by atoms with Gasteiger partial charge in [-0.1, -0.05) is 0 Å². The van der Waals surface area contributed by atoms with E-state index in [0.717, 1.165) is 24.7 Å². The number of anilines is 1. The molecule has 2 rings (SSSR count). The first-order valence-corrected chi connectivity index (χ1v) is 5.61. The van der Waals surface area contributed by atoms with Crippen LogP contribution in [0.1, 0.15) is 18.5 Å². The predicted molar refractivity (Wildman–Crippen MR) is 62.2 cm³/mol. The van der Waals surface area contributed by atoms with Crippen molar-refractivity contribution in [1.29, 1.82) is 0 Å². The minimum absolute atomic E-state index is 0.439. The number of hydrogen-bond donors (Lipinski definition) is 1. The van der Waals surface area contributed by atoms with Gasteiger partial charge in [0.2, 0.25) is 0 Å². The Kier molecular flexibility index (Phi) is 3.69. The van der Waals surface area contributed by atoms with Crippen LogP contribution < -0.4 is 10.6 Å². The lowest BCUT2D eigenvalue weighted by atomic mass is 10.4. The van der Waals surface area contributed by atoms with Gasteiger partial charge in [0.1, 0.15) is 5.82 Å². The van der Waals surface area contributed by atoms with Gasteiger partial charge in [0.25, 0.3) is 0 Å². The molecule has 16 heavy (non-hydrogen) atoms. The molecule has 5 nitrogen and oxygen atoms in total. The normalized spacial score (nSPS) is 15.1. The monoisotopic (exact) mass is 222 g/mol. The number of aromatic nitrogens is 2. The Morgan fingerprint density at radius 1 is 1.44 bits per heavy atom. The van der Waals surface area contributed by atoms with Gasteiger partial charge in [-0.2, -0.15) is 0 Å². The molecule has 1 aromatic rings. The van der Waals surface area contributed by atoms with Gasteiger partial charge in [-0.3, -0.25) is 4.98 Å². The van der Waals surface area contributed by atoms with Crippen molar-refractivity contribution >= 4 is 5.82 Å². The molecule has 0 amide bonds. The molecule has 1 aliphatic carbocycles.